The number of nitrogens with zero attached hydrogens (tertiary/aromatic N) is 2. The van der Waals surface area contributed by atoms with Crippen LogP contribution in [0.1, 0.15) is 10.5 Å². The maximum atomic E-state index is 12.9. The van der Waals surface area contributed by atoms with Crippen LogP contribution in [-0.4, -0.2) is 21.0 Å². The number of carboxylic acids is 1. The number of nitro groups is 1. The van der Waals surface area contributed by atoms with E-state index in [-0.39, 0.29) is 17.1 Å². The molecule has 1 N–H and O–H groups in total. The smallest absolute Gasteiger partial charge is 0.357 e. The predicted molar refractivity (Wildman–Crippen MR) is 55.5 cm³/mol. The van der Waals surface area contributed by atoms with Crippen molar-refractivity contribution in [2.75, 3.05) is 0 Å². The Balaban J connectivity index is 2.55. The Hall–Kier alpha value is -2.77. The van der Waals surface area contributed by atoms with Crippen LogP contribution in [0.4, 0.5) is 10.1 Å². The molecule has 0 saturated heterocycles. The van der Waals surface area contributed by atoms with Gasteiger partial charge in [0.2, 0.25) is 5.89 Å². The van der Waals surface area contributed by atoms with Crippen LogP contribution in [0, 0.1) is 15.9 Å². The summed E-state index contributed by atoms with van der Waals surface area (Å²) in [6.07, 6.45) is 0.852. The number of nitro benzene ring substituents is 1. The minimum Gasteiger partial charge on any atom is -0.476 e. The van der Waals surface area contributed by atoms with Gasteiger partial charge in [0, 0.05) is 0 Å². The average molecular weight is 252 g/mol. The summed E-state index contributed by atoms with van der Waals surface area (Å²) in [7, 11) is 0. The number of aromatic carboxylic acids is 1. The van der Waals surface area contributed by atoms with E-state index in [2.05, 4.69) is 4.98 Å². The molecule has 0 saturated carbocycles. The highest BCUT2D eigenvalue weighted by molar-refractivity contribution is 5.85. The highest BCUT2D eigenvalue weighted by Crippen LogP contribution is 2.29. The molecule has 0 aliphatic rings. The first-order chi connectivity index (χ1) is 8.49. The molecule has 7 nitrogen and oxygen atoms in total. The van der Waals surface area contributed by atoms with Gasteiger partial charge >= 0.3 is 5.97 Å². The topological polar surface area (TPSA) is 106 Å². The van der Waals surface area contributed by atoms with E-state index in [1.807, 2.05) is 0 Å². The van der Waals surface area contributed by atoms with Gasteiger partial charge in [-0.2, -0.15) is 0 Å². The summed E-state index contributed by atoms with van der Waals surface area (Å²) in [6, 6.07) is 2.80. The zero-order valence-electron chi connectivity index (χ0n) is 8.66. The zero-order valence-corrected chi connectivity index (χ0v) is 8.66. The lowest BCUT2D eigenvalue weighted by molar-refractivity contribution is -0.384. The lowest BCUT2D eigenvalue weighted by Crippen LogP contribution is -1.97. The molecule has 2 rings (SSSR count). The summed E-state index contributed by atoms with van der Waals surface area (Å²) in [5.74, 6) is -2.36. The Kier molecular flexibility index (Phi) is 2.76. The van der Waals surface area contributed by atoms with E-state index in [4.69, 9.17) is 9.52 Å². The van der Waals surface area contributed by atoms with E-state index in [0.29, 0.717) is 6.07 Å². The van der Waals surface area contributed by atoms with Crippen molar-refractivity contribution in [1.29, 1.82) is 0 Å². The van der Waals surface area contributed by atoms with E-state index in [1.54, 1.807) is 0 Å². The van der Waals surface area contributed by atoms with Gasteiger partial charge in [-0.05, 0) is 12.1 Å². The van der Waals surface area contributed by atoms with E-state index >= 15 is 0 Å². The first-order valence-corrected chi connectivity index (χ1v) is 4.62. The Morgan fingerprint density at radius 1 is 1.50 bits per heavy atom. The maximum Gasteiger partial charge on any atom is 0.357 e. The molecule has 0 radical (unpaired) electrons. The van der Waals surface area contributed by atoms with Crippen molar-refractivity contribution in [3.05, 3.63) is 46.1 Å². The molecule has 1 aromatic heterocycles. The number of hydrogen-bond donors (Lipinski definition) is 1. The number of halogens is 1. The number of benzene rings is 1. The van der Waals surface area contributed by atoms with Crippen molar-refractivity contribution in [3.8, 4) is 11.5 Å². The molecular formula is C10H5FN2O5. The Bertz CT molecular complexity index is 637. The van der Waals surface area contributed by atoms with Gasteiger partial charge in [-0.25, -0.2) is 14.2 Å². The molecule has 2 aromatic rings. The Morgan fingerprint density at radius 3 is 2.78 bits per heavy atom. The van der Waals surface area contributed by atoms with Crippen LogP contribution < -0.4 is 0 Å². The number of rotatable bonds is 3. The second-order valence-electron chi connectivity index (χ2n) is 3.26. The number of carbonyl (C=O) groups is 1. The highest BCUT2D eigenvalue weighted by Gasteiger charge is 2.21. The lowest BCUT2D eigenvalue weighted by Gasteiger charge is -1.98. The Morgan fingerprint density at radius 2 is 2.22 bits per heavy atom. The van der Waals surface area contributed by atoms with Gasteiger partial charge in [-0.3, -0.25) is 10.1 Å². The second-order valence-corrected chi connectivity index (χ2v) is 3.26. The summed E-state index contributed by atoms with van der Waals surface area (Å²) < 4.78 is 17.7. The van der Waals surface area contributed by atoms with Crippen molar-refractivity contribution < 1.29 is 23.6 Å². The fourth-order valence-electron chi connectivity index (χ4n) is 1.33. The largest absolute Gasteiger partial charge is 0.476 e. The van der Waals surface area contributed by atoms with Gasteiger partial charge in [0.1, 0.15) is 17.6 Å². The Labute approximate surface area is 98.6 Å². The normalized spacial score (nSPS) is 10.3. The van der Waals surface area contributed by atoms with Crippen LogP contribution in [0.25, 0.3) is 11.5 Å². The molecule has 0 aliphatic carbocycles. The van der Waals surface area contributed by atoms with Crippen LogP contribution in [0.5, 0.6) is 0 Å². The molecular weight excluding hydrogens is 247 g/mol. The van der Waals surface area contributed by atoms with E-state index in [0.717, 1.165) is 18.4 Å². The van der Waals surface area contributed by atoms with Crippen molar-refractivity contribution >= 4 is 11.7 Å². The van der Waals surface area contributed by atoms with Crippen LogP contribution >= 0.6 is 0 Å². The second kappa shape index (κ2) is 4.24. The summed E-state index contributed by atoms with van der Waals surface area (Å²) in [6.45, 7) is 0. The number of carboxylic acid groups (broad SMARTS) is 1. The molecule has 0 atom stereocenters. The molecule has 1 aromatic carbocycles. The quantitative estimate of drug-likeness (QED) is 0.662. The van der Waals surface area contributed by atoms with Gasteiger partial charge in [-0.15, -0.1) is 0 Å². The highest BCUT2D eigenvalue weighted by atomic mass is 19.1. The molecule has 1 heterocycles. The van der Waals surface area contributed by atoms with Crippen molar-refractivity contribution in [2.24, 2.45) is 0 Å². The first kappa shape index (κ1) is 11.7. The lowest BCUT2D eigenvalue weighted by atomic mass is 10.2. The standard InChI is InChI=1S/C10H5FN2O5/c11-5-1-2-6(8(3-5)13(16)17)9-12-7(4-18-9)10(14)15/h1-4H,(H,14,15). The fourth-order valence-corrected chi connectivity index (χ4v) is 1.33. The summed E-state index contributed by atoms with van der Waals surface area (Å²) in [4.78, 5) is 24.1. The molecule has 18 heavy (non-hydrogen) atoms. The molecule has 8 heteroatoms. The third kappa shape index (κ3) is 2.03. The van der Waals surface area contributed by atoms with E-state index in [1.165, 1.54) is 0 Å². The first-order valence-electron chi connectivity index (χ1n) is 4.62. The van der Waals surface area contributed by atoms with E-state index < -0.39 is 22.4 Å². The predicted octanol–water partition coefficient (Wildman–Crippen LogP) is 2.09. The van der Waals surface area contributed by atoms with Crippen LogP contribution in [0.15, 0.2) is 28.9 Å². The molecule has 0 bridgehead atoms. The molecule has 0 aliphatic heterocycles. The van der Waals surface area contributed by atoms with Gasteiger partial charge in [0.15, 0.2) is 5.69 Å². The summed E-state index contributed by atoms with van der Waals surface area (Å²) in [5, 5.41) is 19.4. The summed E-state index contributed by atoms with van der Waals surface area (Å²) in [5.41, 5.74) is -1.02. The van der Waals surface area contributed by atoms with E-state index in [9.17, 15) is 19.3 Å². The monoisotopic (exact) mass is 252 g/mol. The fraction of sp³-hybridized carbons (Fsp3) is 0. The van der Waals surface area contributed by atoms with Crippen molar-refractivity contribution in [2.45, 2.75) is 0 Å². The van der Waals surface area contributed by atoms with Gasteiger partial charge < -0.3 is 9.52 Å². The van der Waals surface area contributed by atoms with Crippen molar-refractivity contribution in [1.82, 2.24) is 4.98 Å². The van der Waals surface area contributed by atoms with Gasteiger partial charge in [0.05, 0.1) is 11.0 Å². The van der Waals surface area contributed by atoms with Gasteiger partial charge in [0.25, 0.3) is 5.69 Å². The minimum absolute atomic E-state index is 0.0890. The molecule has 92 valence electrons. The summed E-state index contributed by atoms with van der Waals surface area (Å²) >= 11 is 0. The van der Waals surface area contributed by atoms with Crippen LogP contribution in [0.3, 0.4) is 0 Å². The SMILES string of the molecule is O=C(O)c1coc(-c2ccc(F)cc2[N+](=O)[O-])n1. The third-order valence-electron chi connectivity index (χ3n) is 2.11. The van der Waals surface area contributed by atoms with Gasteiger partial charge in [-0.1, -0.05) is 0 Å². The average Bonchev–Trinajstić information content (AvgIpc) is 2.78. The minimum atomic E-state index is -1.32. The van der Waals surface area contributed by atoms with Crippen LogP contribution in [0.2, 0.25) is 0 Å². The molecule has 0 unspecified atom stereocenters. The number of hydrogen-bond acceptors (Lipinski definition) is 5. The van der Waals surface area contributed by atoms with Crippen molar-refractivity contribution in [3.63, 3.8) is 0 Å². The maximum absolute atomic E-state index is 12.9. The van der Waals surface area contributed by atoms with Crippen LogP contribution in [-0.2, 0) is 0 Å². The molecule has 0 spiro atoms. The molecule has 0 fully saturated rings. The number of oxazole rings is 1. The molecule has 0 amide bonds. The third-order valence-corrected chi connectivity index (χ3v) is 2.11. The number of aromatic nitrogens is 1. The zero-order chi connectivity index (χ0) is 13.3.